The molecule has 6 nitrogen and oxygen atoms in total. The van der Waals surface area contributed by atoms with Gasteiger partial charge in [-0.15, -0.1) is 0 Å². The molecule has 1 aliphatic rings. The van der Waals surface area contributed by atoms with Gasteiger partial charge in [0, 0.05) is 47.7 Å². The van der Waals surface area contributed by atoms with Gasteiger partial charge in [-0.25, -0.2) is 4.98 Å². The number of aromatic amines is 1. The van der Waals surface area contributed by atoms with Crippen LogP contribution in [0.4, 0.5) is 0 Å². The minimum atomic E-state index is 0.273. The SMILES string of the molecule is Cc1n[nH]c(-c2ccc3c(c2)cc(C)n3CC2CC(C)N(C(=O)CCc3ccccc3)C2)n1. The molecule has 2 aromatic carbocycles. The van der Waals surface area contributed by atoms with Crippen molar-refractivity contribution < 1.29 is 4.79 Å². The number of amides is 1. The Morgan fingerprint density at radius 2 is 1.94 bits per heavy atom. The molecule has 0 aliphatic carbocycles. The molecule has 2 atom stereocenters. The topological polar surface area (TPSA) is 66.8 Å². The molecule has 0 spiro atoms. The Bertz CT molecular complexity index is 1270. The number of nitrogens with one attached hydrogen (secondary N) is 1. The summed E-state index contributed by atoms with van der Waals surface area (Å²) in [6.45, 7) is 8.01. The Balaban J connectivity index is 1.27. The minimum absolute atomic E-state index is 0.273. The third-order valence-corrected chi connectivity index (χ3v) is 6.87. The quantitative estimate of drug-likeness (QED) is 0.462. The predicted molar refractivity (Wildman–Crippen MR) is 131 cm³/mol. The van der Waals surface area contributed by atoms with Gasteiger partial charge >= 0.3 is 0 Å². The lowest BCUT2D eigenvalue weighted by molar-refractivity contribution is -0.131. The molecule has 1 amide bonds. The van der Waals surface area contributed by atoms with Crippen LogP contribution in [-0.2, 0) is 17.8 Å². The van der Waals surface area contributed by atoms with Crippen molar-refractivity contribution in [3.63, 3.8) is 0 Å². The maximum atomic E-state index is 12.9. The van der Waals surface area contributed by atoms with Crippen LogP contribution >= 0.6 is 0 Å². The Morgan fingerprint density at radius 3 is 2.70 bits per heavy atom. The number of aromatic nitrogens is 4. The van der Waals surface area contributed by atoms with Gasteiger partial charge in [0.15, 0.2) is 5.82 Å². The van der Waals surface area contributed by atoms with E-state index in [0.717, 1.165) is 43.1 Å². The van der Waals surface area contributed by atoms with E-state index in [-0.39, 0.29) is 5.91 Å². The number of hydrogen-bond donors (Lipinski definition) is 1. The maximum Gasteiger partial charge on any atom is 0.223 e. The van der Waals surface area contributed by atoms with Gasteiger partial charge in [0.1, 0.15) is 5.82 Å². The maximum absolute atomic E-state index is 12.9. The average molecular weight is 442 g/mol. The average Bonchev–Trinajstić information content (AvgIpc) is 3.50. The van der Waals surface area contributed by atoms with Crippen molar-refractivity contribution in [2.75, 3.05) is 6.54 Å². The Hall–Kier alpha value is -3.41. The monoisotopic (exact) mass is 441 g/mol. The number of likely N-dealkylation sites (tertiary alicyclic amines) is 1. The van der Waals surface area contributed by atoms with E-state index in [0.29, 0.717) is 18.4 Å². The first-order chi connectivity index (χ1) is 16.0. The lowest BCUT2D eigenvalue weighted by Gasteiger charge is -2.21. The normalized spacial score (nSPS) is 18.3. The van der Waals surface area contributed by atoms with Crippen LogP contribution in [0.1, 0.15) is 36.8 Å². The molecule has 170 valence electrons. The standard InChI is InChI=1S/C27H31N5O/c1-18-13-22(17-32(18)26(33)12-9-21-7-5-4-6-8-21)16-31-19(2)14-24-15-23(10-11-25(24)31)27-28-20(3)29-30-27/h4-8,10-11,14-15,18,22H,9,12-13,16-17H2,1-3H3,(H,28,29,30). The molecule has 2 unspecified atom stereocenters. The van der Waals surface area contributed by atoms with Gasteiger partial charge in [-0.1, -0.05) is 30.3 Å². The molecule has 33 heavy (non-hydrogen) atoms. The molecule has 1 aliphatic heterocycles. The van der Waals surface area contributed by atoms with Crippen molar-refractivity contribution >= 4 is 16.8 Å². The summed E-state index contributed by atoms with van der Waals surface area (Å²) in [5.74, 6) is 2.28. The molecule has 4 aromatic rings. The third-order valence-electron chi connectivity index (χ3n) is 6.87. The van der Waals surface area contributed by atoms with Crippen LogP contribution in [0.3, 0.4) is 0 Å². The van der Waals surface area contributed by atoms with Gasteiger partial charge < -0.3 is 9.47 Å². The summed E-state index contributed by atoms with van der Waals surface area (Å²) < 4.78 is 2.40. The lowest BCUT2D eigenvalue weighted by Crippen LogP contribution is -2.34. The zero-order chi connectivity index (χ0) is 22.9. The number of aryl methyl sites for hydroxylation is 3. The van der Waals surface area contributed by atoms with Gasteiger partial charge in [-0.05, 0) is 69.4 Å². The second kappa shape index (κ2) is 8.85. The number of rotatable bonds is 6. The van der Waals surface area contributed by atoms with Crippen LogP contribution in [0.5, 0.6) is 0 Å². The predicted octanol–water partition coefficient (Wildman–Crippen LogP) is 4.91. The fourth-order valence-electron chi connectivity index (χ4n) is 5.19. The number of fused-ring (bicyclic) bond motifs is 1. The summed E-state index contributed by atoms with van der Waals surface area (Å²) in [6, 6.07) is 19.3. The van der Waals surface area contributed by atoms with E-state index in [9.17, 15) is 4.79 Å². The number of hydrogen-bond acceptors (Lipinski definition) is 3. The van der Waals surface area contributed by atoms with E-state index in [1.807, 2.05) is 25.1 Å². The summed E-state index contributed by atoms with van der Waals surface area (Å²) in [7, 11) is 0. The van der Waals surface area contributed by atoms with Crippen LogP contribution in [0, 0.1) is 19.8 Å². The van der Waals surface area contributed by atoms with Crippen LogP contribution in [-0.4, -0.2) is 43.1 Å². The van der Waals surface area contributed by atoms with Crippen molar-refractivity contribution in [3.05, 3.63) is 71.7 Å². The Kier molecular flexibility index (Phi) is 5.75. The molecule has 5 rings (SSSR count). The number of nitrogens with zero attached hydrogens (tertiary/aromatic N) is 4. The molecule has 3 heterocycles. The first-order valence-corrected chi connectivity index (χ1v) is 11.8. The summed E-state index contributed by atoms with van der Waals surface area (Å²) in [5, 5.41) is 8.36. The smallest absolute Gasteiger partial charge is 0.223 e. The van der Waals surface area contributed by atoms with E-state index in [4.69, 9.17) is 0 Å². The first kappa shape index (κ1) is 21.4. The molecule has 1 N–H and O–H groups in total. The lowest BCUT2D eigenvalue weighted by atomic mass is 10.1. The van der Waals surface area contributed by atoms with Gasteiger partial charge in [0.2, 0.25) is 5.91 Å². The van der Waals surface area contributed by atoms with Gasteiger partial charge in [0.05, 0.1) is 0 Å². The molecule has 6 heteroatoms. The zero-order valence-electron chi connectivity index (χ0n) is 19.6. The van der Waals surface area contributed by atoms with Gasteiger partial charge in [0.25, 0.3) is 0 Å². The van der Waals surface area contributed by atoms with E-state index >= 15 is 0 Å². The molecular weight excluding hydrogens is 410 g/mol. The van der Waals surface area contributed by atoms with Gasteiger partial charge in [-0.3, -0.25) is 9.89 Å². The molecular formula is C27H31N5O. The van der Waals surface area contributed by atoms with Crippen molar-refractivity contribution in [3.8, 4) is 11.4 Å². The fourth-order valence-corrected chi connectivity index (χ4v) is 5.19. The summed E-state index contributed by atoms with van der Waals surface area (Å²) >= 11 is 0. The highest BCUT2D eigenvalue weighted by Crippen LogP contribution is 2.30. The van der Waals surface area contributed by atoms with Crippen LogP contribution < -0.4 is 0 Å². The van der Waals surface area contributed by atoms with Crippen LogP contribution in [0.25, 0.3) is 22.3 Å². The van der Waals surface area contributed by atoms with Crippen molar-refractivity contribution in [2.45, 2.75) is 52.6 Å². The number of carbonyl (C=O) groups excluding carboxylic acids is 1. The highest BCUT2D eigenvalue weighted by atomic mass is 16.2. The van der Waals surface area contributed by atoms with Crippen molar-refractivity contribution in [1.29, 1.82) is 0 Å². The highest BCUT2D eigenvalue weighted by Gasteiger charge is 2.32. The zero-order valence-corrected chi connectivity index (χ0v) is 19.6. The van der Waals surface area contributed by atoms with Crippen molar-refractivity contribution in [1.82, 2.24) is 24.6 Å². The van der Waals surface area contributed by atoms with E-state index in [1.54, 1.807) is 0 Å². The molecule has 0 radical (unpaired) electrons. The summed E-state index contributed by atoms with van der Waals surface area (Å²) in [4.78, 5) is 19.5. The van der Waals surface area contributed by atoms with E-state index in [2.05, 4.69) is 74.9 Å². The first-order valence-electron chi connectivity index (χ1n) is 11.8. The van der Waals surface area contributed by atoms with E-state index < -0.39 is 0 Å². The van der Waals surface area contributed by atoms with Crippen LogP contribution in [0.15, 0.2) is 54.6 Å². The molecule has 1 fully saturated rings. The fraction of sp³-hybridized carbons (Fsp3) is 0.370. The number of benzene rings is 2. The van der Waals surface area contributed by atoms with E-state index in [1.165, 1.54) is 22.2 Å². The third kappa shape index (κ3) is 4.42. The van der Waals surface area contributed by atoms with Crippen LogP contribution in [0.2, 0.25) is 0 Å². The Morgan fingerprint density at radius 1 is 1.12 bits per heavy atom. The number of carbonyl (C=O) groups is 1. The molecule has 0 saturated carbocycles. The largest absolute Gasteiger partial charge is 0.345 e. The Labute approximate surface area is 194 Å². The molecule has 1 saturated heterocycles. The number of H-pyrrole nitrogens is 1. The molecule has 0 bridgehead atoms. The second-order valence-electron chi connectivity index (χ2n) is 9.38. The van der Waals surface area contributed by atoms with Gasteiger partial charge in [-0.2, -0.15) is 5.10 Å². The summed E-state index contributed by atoms with van der Waals surface area (Å²) in [5.41, 5.74) is 4.75. The van der Waals surface area contributed by atoms with Crippen molar-refractivity contribution in [2.24, 2.45) is 5.92 Å². The minimum Gasteiger partial charge on any atom is -0.345 e. The molecule has 2 aromatic heterocycles. The highest BCUT2D eigenvalue weighted by molar-refractivity contribution is 5.85. The second-order valence-corrected chi connectivity index (χ2v) is 9.38. The summed E-state index contributed by atoms with van der Waals surface area (Å²) in [6.07, 6.45) is 2.43.